The molecule has 0 aliphatic rings. The second-order valence-corrected chi connectivity index (χ2v) is 10.0. The molecule has 2 aromatic heterocycles. The van der Waals surface area contributed by atoms with Gasteiger partial charge in [0.1, 0.15) is 0 Å². The van der Waals surface area contributed by atoms with Gasteiger partial charge >= 0.3 is 11.8 Å². The lowest BCUT2D eigenvalue weighted by Crippen LogP contribution is -2.50. The molecule has 2 N–H and O–H groups in total. The molecule has 14 heteroatoms. The van der Waals surface area contributed by atoms with Crippen LogP contribution >= 0.6 is 34.8 Å². The van der Waals surface area contributed by atoms with Crippen molar-refractivity contribution in [1.82, 2.24) is 25.0 Å². The summed E-state index contributed by atoms with van der Waals surface area (Å²) < 4.78 is 6.56. The van der Waals surface area contributed by atoms with Crippen molar-refractivity contribution in [3.8, 4) is 28.4 Å². The number of rotatable bonds is 5. The highest BCUT2D eigenvalue weighted by Crippen LogP contribution is 2.39. The molecule has 0 unspecified atom stereocenters. The first-order chi connectivity index (χ1) is 17.9. The Bertz CT molecular complexity index is 1630. The third-order valence-corrected chi connectivity index (χ3v) is 5.97. The molecule has 0 saturated carbocycles. The fourth-order valence-corrected chi connectivity index (χ4v) is 4.26. The van der Waals surface area contributed by atoms with E-state index in [1.165, 1.54) is 12.1 Å². The molecule has 0 spiro atoms. The molecule has 2 heterocycles. The fourth-order valence-electron chi connectivity index (χ4n) is 3.51. The highest BCUT2D eigenvalue weighted by Gasteiger charge is 2.32. The lowest BCUT2D eigenvalue weighted by molar-refractivity contribution is 0.195. The summed E-state index contributed by atoms with van der Waals surface area (Å²) in [7, 11) is 0. The number of nitrogens with one attached hydrogen (secondary N) is 1. The van der Waals surface area contributed by atoms with E-state index >= 15 is 0 Å². The lowest BCUT2D eigenvalue weighted by Gasteiger charge is -2.31. The molecule has 196 valence electrons. The molecular formula is C24H19Cl3N6O5. The van der Waals surface area contributed by atoms with Crippen LogP contribution in [0.3, 0.4) is 0 Å². The van der Waals surface area contributed by atoms with Crippen molar-refractivity contribution in [2.45, 2.75) is 26.3 Å². The highest BCUT2D eigenvalue weighted by atomic mass is 35.5. The standard InChI is InChI=1S/C24H19Cl3N6O5/c1-24(2,3)32(23(36)37)20-21(34)28-22(35)33(31-20)13-9-15(25)18(16(26)10-13)38-17-11-14(19(27)30-29-17)12-7-5-4-6-8-12/h4-11H,1-3H3,(H,36,37)(H,28,34,35). The zero-order chi connectivity index (χ0) is 27.8. The topological polar surface area (TPSA) is 143 Å². The Morgan fingerprint density at radius 1 is 1.03 bits per heavy atom. The van der Waals surface area contributed by atoms with Crippen molar-refractivity contribution < 1.29 is 14.6 Å². The van der Waals surface area contributed by atoms with Gasteiger partial charge in [-0.15, -0.1) is 15.3 Å². The summed E-state index contributed by atoms with van der Waals surface area (Å²) in [5.41, 5.74) is -1.55. The van der Waals surface area contributed by atoms with E-state index in [0.717, 1.165) is 15.1 Å². The van der Waals surface area contributed by atoms with Gasteiger partial charge in [-0.05, 0) is 38.5 Å². The van der Waals surface area contributed by atoms with E-state index < -0.39 is 28.7 Å². The number of amides is 1. The largest absolute Gasteiger partial charge is 0.465 e. The summed E-state index contributed by atoms with van der Waals surface area (Å²) in [6.45, 7) is 4.71. The molecule has 0 saturated heterocycles. The maximum Gasteiger partial charge on any atom is 0.413 e. The van der Waals surface area contributed by atoms with E-state index in [4.69, 9.17) is 39.5 Å². The maximum absolute atomic E-state index is 12.6. The quantitative estimate of drug-likeness (QED) is 0.320. The predicted molar refractivity (Wildman–Crippen MR) is 143 cm³/mol. The second-order valence-electron chi connectivity index (χ2n) is 8.88. The zero-order valence-electron chi connectivity index (χ0n) is 20.1. The number of hydrogen-bond donors (Lipinski definition) is 2. The summed E-state index contributed by atoms with van der Waals surface area (Å²) in [6, 6.07) is 13.4. The van der Waals surface area contributed by atoms with E-state index in [2.05, 4.69) is 20.3 Å². The summed E-state index contributed by atoms with van der Waals surface area (Å²) in [6.07, 6.45) is -1.43. The number of halogens is 3. The molecule has 4 aromatic rings. The van der Waals surface area contributed by atoms with E-state index in [9.17, 15) is 19.5 Å². The number of carboxylic acid groups (broad SMARTS) is 1. The third-order valence-electron chi connectivity index (χ3n) is 5.13. The van der Waals surface area contributed by atoms with Crippen LogP contribution in [-0.2, 0) is 0 Å². The predicted octanol–water partition coefficient (Wildman–Crippen LogP) is 5.41. The van der Waals surface area contributed by atoms with Crippen LogP contribution in [0.25, 0.3) is 16.8 Å². The Hall–Kier alpha value is -3.93. The van der Waals surface area contributed by atoms with E-state index in [1.54, 1.807) is 26.8 Å². The van der Waals surface area contributed by atoms with E-state index in [0.29, 0.717) is 5.56 Å². The molecule has 0 atom stereocenters. The molecule has 2 aromatic carbocycles. The molecule has 0 radical (unpaired) electrons. The van der Waals surface area contributed by atoms with Gasteiger partial charge in [-0.25, -0.2) is 9.59 Å². The molecule has 0 fully saturated rings. The van der Waals surface area contributed by atoms with Gasteiger partial charge in [0, 0.05) is 17.2 Å². The Labute approximate surface area is 230 Å². The molecule has 0 bridgehead atoms. The Morgan fingerprint density at radius 3 is 2.24 bits per heavy atom. The first kappa shape index (κ1) is 27.1. The summed E-state index contributed by atoms with van der Waals surface area (Å²) in [5, 5.41) is 21.6. The average molecular weight is 578 g/mol. The smallest absolute Gasteiger partial charge is 0.413 e. The molecule has 4 rings (SSSR count). The van der Waals surface area contributed by atoms with E-state index in [-0.39, 0.29) is 32.5 Å². The number of H-pyrrole nitrogens is 1. The SMILES string of the molecule is CC(C)(C)N(C(=O)O)c1nn(-c2cc(Cl)c(Oc3cc(-c4ccccc4)c(Cl)nn3)c(Cl)c2)c(=O)[nH]c1=O. The van der Waals surface area contributed by atoms with Gasteiger partial charge in [0.05, 0.1) is 15.7 Å². The average Bonchev–Trinajstić information content (AvgIpc) is 2.83. The minimum Gasteiger partial charge on any atom is -0.465 e. The first-order valence-electron chi connectivity index (χ1n) is 10.9. The van der Waals surface area contributed by atoms with Crippen molar-refractivity contribution in [1.29, 1.82) is 0 Å². The number of benzene rings is 2. The third kappa shape index (κ3) is 5.49. The second kappa shape index (κ2) is 10.4. The van der Waals surface area contributed by atoms with Crippen LogP contribution in [0, 0.1) is 0 Å². The van der Waals surface area contributed by atoms with Crippen LogP contribution in [0.5, 0.6) is 11.6 Å². The number of carbonyl (C=O) groups is 1. The van der Waals surface area contributed by atoms with Crippen LogP contribution in [0.15, 0.2) is 58.1 Å². The maximum atomic E-state index is 12.6. The van der Waals surface area contributed by atoms with Crippen LogP contribution in [0.2, 0.25) is 15.2 Å². The Kier molecular flexibility index (Phi) is 7.45. The van der Waals surface area contributed by atoms with Crippen molar-refractivity contribution in [2.24, 2.45) is 0 Å². The molecule has 11 nitrogen and oxygen atoms in total. The van der Waals surface area contributed by atoms with Gasteiger partial charge in [0.15, 0.2) is 10.9 Å². The van der Waals surface area contributed by atoms with Gasteiger partial charge in [-0.1, -0.05) is 65.1 Å². The normalized spacial score (nSPS) is 11.3. The Balaban J connectivity index is 1.75. The summed E-state index contributed by atoms with van der Waals surface area (Å²) in [4.78, 5) is 39.7. The highest BCUT2D eigenvalue weighted by molar-refractivity contribution is 6.37. The van der Waals surface area contributed by atoms with Crippen LogP contribution < -0.4 is 20.9 Å². The van der Waals surface area contributed by atoms with Crippen molar-refractivity contribution >= 4 is 46.7 Å². The number of hydrogen-bond acceptors (Lipinski definition) is 7. The Morgan fingerprint density at radius 2 is 1.66 bits per heavy atom. The first-order valence-corrected chi connectivity index (χ1v) is 12.0. The van der Waals surface area contributed by atoms with E-state index in [1.807, 2.05) is 30.3 Å². The minimum absolute atomic E-state index is 0.00673. The van der Waals surface area contributed by atoms with Crippen molar-refractivity contribution in [2.75, 3.05) is 4.90 Å². The zero-order valence-corrected chi connectivity index (χ0v) is 22.3. The van der Waals surface area contributed by atoms with Crippen molar-refractivity contribution in [3.05, 3.63) is 84.6 Å². The van der Waals surface area contributed by atoms with Crippen LogP contribution in [0.1, 0.15) is 20.8 Å². The molecule has 0 aliphatic carbocycles. The summed E-state index contributed by atoms with van der Waals surface area (Å²) >= 11 is 19.1. The number of nitrogens with zero attached hydrogens (tertiary/aromatic N) is 5. The van der Waals surface area contributed by atoms with Gasteiger partial charge in [0.25, 0.3) is 5.56 Å². The molecule has 0 aliphatic heterocycles. The van der Waals surface area contributed by atoms with Crippen LogP contribution in [0.4, 0.5) is 10.6 Å². The fraction of sp³-hybridized carbons (Fsp3) is 0.167. The van der Waals surface area contributed by atoms with Gasteiger partial charge in [-0.2, -0.15) is 4.68 Å². The van der Waals surface area contributed by atoms with Crippen LogP contribution in [-0.4, -0.2) is 41.7 Å². The number of aromatic nitrogens is 5. The summed E-state index contributed by atoms with van der Waals surface area (Å²) in [5.74, 6) is -0.456. The lowest BCUT2D eigenvalue weighted by atomic mass is 10.1. The van der Waals surface area contributed by atoms with Gasteiger partial charge in [0.2, 0.25) is 11.7 Å². The number of anilines is 1. The molecule has 1 amide bonds. The monoisotopic (exact) mass is 576 g/mol. The molecule has 38 heavy (non-hydrogen) atoms. The minimum atomic E-state index is -1.43. The van der Waals surface area contributed by atoms with Crippen molar-refractivity contribution in [3.63, 3.8) is 0 Å². The van der Waals surface area contributed by atoms with Gasteiger partial charge in [-0.3, -0.25) is 14.7 Å². The molecular weight excluding hydrogens is 559 g/mol. The number of aromatic amines is 1. The van der Waals surface area contributed by atoms with Gasteiger partial charge < -0.3 is 9.84 Å². The number of ether oxygens (including phenoxy) is 1.